The van der Waals surface area contributed by atoms with E-state index in [1.165, 1.54) is 18.9 Å². The summed E-state index contributed by atoms with van der Waals surface area (Å²) in [5, 5.41) is 3.47. The van der Waals surface area contributed by atoms with Gasteiger partial charge in [-0.25, -0.2) is 4.39 Å². The van der Waals surface area contributed by atoms with Crippen LogP contribution in [0.5, 0.6) is 0 Å². The third-order valence-corrected chi connectivity index (χ3v) is 3.81. The molecule has 0 aliphatic carbocycles. The first-order valence-corrected chi connectivity index (χ1v) is 6.84. The molecule has 0 spiro atoms. The summed E-state index contributed by atoms with van der Waals surface area (Å²) in [4.78, 5) is 2.27. The van der Waals surface area contributed by atoms with Crippen LogP contribution < -0.4 is 10.2 Å². The highest BCUT2D eigenvalue weighted by Crippen LogP contribution is 2.28. The molecule has 3 heteroatoms. The molecule has 1 aliphatic heterocycles. The van der Waals surface area contributed by atoms with Gasteiger partial charge in [-0.1, -0.05) is 13.0 Å². The van der Waals surface area contributed by atoms with E-state index in [0.29, 0.717) is 5.41 Å². The Labute approximate surface area is 109 Å². The van der Waals surface area contributed by atoms with Crippen LogP contribution in [0.15, 0.2) is 24.3 Å². The van der Waals surface area contributed by atoms with Crippen LogP contribution in [0.25, 0.3) is 0 Å². The smallest absolute Gasteiger partial charge is 0.125 e. The molecule has 1 fully saturated rings. The van der Waals surface area contributed by atoms with E-state index in [-0.39, 0.29) is 5.82 Å². The molecule has 0 aromatic heterocycles. The highest BCUT2D eigenvalue weighted by Gasteiger charge is 2.28. The van der Waals surface area contributed by atoms with Gasteiger partial charge in [0.1, 0.15) is 5.82 Å². The molecule has 1 N–H and O–H groups in total. The molecule has 1 aromatic rings. The summed E-state index contributed by atoms with van der Waals surface area (Å²) in [5.74, 6) is -0.155. The number of benzene rings is 1. The van der Waals surface area contributed by atoms with Gasteiger partial charge in [0, 0.05) is 25.3 Å². The van der Waals surface area contributed by atoms with Gasteiger partial charge in [-0.15, -0.1) is 0 Å². The van der Waals surface area contributed by atoms with Crippen LogP contribution in [-0.2, 0) is 0 Å². The van der Waals surface area contributed by atoms with Crippen LogP contribution in [0, 0.1) is 11.2 Å². The van der Waals surface area contributed by atoms with Gasteiger partial charge in [-0.05, 0) is 49.9 Å². The Hall–Kier alpha value is -1.09. The Morgan fingerprint density at radius 3 is 2.89 bits per heavy atom. The maximum atomic E-state index is 13.3. The summed E-state index contributed by atoms with van der Waals surface area (Å²) in [6.07, 6.45) is 2.48. The van der Waals surface area contributed by atoms with Crippen LogP contribution in [-0.4, -0.2) is 26.2 Å². The van der Waals surface area contributed by atoms with Crippen molar-refractivity contribution in [2.24, 2.45) is 5.41 Å². The summed E-state index contributed by atoms with van der Waals surface area (Å²) in [5.41, 5.74) is 1.28. The molecule has 0 bridgehead atoms. The van der Waals surface area contributed by atoms with Crippen molar-refractivity contribution in [1.29, 1.82) is 0 Å². The van der Waals surface area contributed by atoms with Gasteiger partial charge in [0.2, 0.25) is 0 Å². The predicted molar refractivity (Wildman–Crippen MR) is 74.5 cm³/mol. The lowest BCUT2D eigenvalue weighted by Gasteiger charge is -2.39. The Morgan fingerprint density at radius 1 is 1.44 bits per heavy atom. The zero-order valence-electron chi connectivity index (χ0n) is 11.4. The topological polar surface area (TPSA) is 15.3 Å². The van der Waals surface area contributed by atoms with Crippen LogP contribution in [0.2, 0.25) is 0 Å². The normalized spacial score (nSPS) is 23.9. The number of hydrogen-bond acceptors (Lipinski definition) is 2. The average molecular weight is 250 g/mol. The second-order valence-electron chi connectivity index (χ2n) is 5.59. The van der Waals surface area contributed by atoms with Gasteiger partial charge in [0.15, 0.2) is 0 Å². The van der Waals surface area contributed by atoms with Crippen LogP contribution in [0.1, 0.15) is 26.7 Å². The number of nitrogens with zero attached hydrogens (tertiary/aromatic N) is 1. The van der Waals surface area contributed by atoms with Gasteiger partial charge in [-0.2, -0.15) is 0 Å². The monoisotopic (exact) mass is 250 g/mol. The zero-order chi connectivity index (χ0) is 13.0. The number of piperidine rings is 1. The fraction of sp³-hybridized carbons (Fsp3) is 0.600. The molecule has 18 heavy (non-hydrogen) atoms. The van der Waals surface area contributed by atoms with Crippen molar-refractivity contribution in [3.63, 3.8) is 0 Å². The van der Waals surface area contributed by atoms with E-state index < -0.39 is 0 Å². The van der Waals surface area contributed by atoms with E-state index in [0.717, 1.165) is 31.9 Å². The van der Waals surface area contributed by atoms with Gasteiger partial charge < -0.3 is 10.2 Å². The van der Waals surface area contributed by atoms with E-state index >= 15 is 0 Å². The Bertz CT molecular complexity index is 386. The van der Waals surface area contributed by atoms with Gasteiger partial charge in [0.05, 0.1) is 0 Å². The van der Waals surface area contributed by atoms with Crippen LogP contribution in [0.3, 0.4) is 0 Å². The number of anilines is 1. The highest BCUT2D eigenvalue weighted by molar-refractivity contribution is 5.46. The molecule has 1 unspecified atom stereocenters. The van der Waals surface area contributed by atoms with Gasteiger partial charge in [0.25, 0.3) is 0 Å². The number of hydrogen-bond donors (Lipinski definition) is 1. The minimum absolute atomic E-state index is 0.155. The summed E-state index contributed by atoms with van der Waals surface area (Å²) >= 11 is 0. The quantitative estimate of drug-likeness (QED) is 0.883. The zero-order valence-corrected chi connectivity index (χ0v) is 11.4. The minimum Gasteiger partial charge on any atom is -0.371 e. The fourth-order valence-electron chi connectivity index (χ4n) is 2.77. The number of rotatable bonds is 4. The van der Waals surface area contributed by atoms with Crippen molar-refractivity contribution in [3.05, 3.63) is 30.1 Å². The lowest BCUT2D eigenvalue weighted by Crippen LogP contribution is -2.46. The molecule has 1 heterocycles. The maximum Gasteiger partial charge on any atom is 0.125 e. The van der Waals surface area contributed by atoms with Gasteiger partial charge in [-0.3, -0.25) is 0 Å². The lowest BCUT2D eigenvalue weighted by molar-refractivity contribution is 0.241. The molecule has 1 saturated heterocycles. The molecule has 1 aromatic carbocycles. The van der Waals surface area contributed by atoms with E-state index in [2.05, 4.69) is 24.1 Å². The average Bonchev–Trinajstić information content (AvgIpc) is 2.37. The second kappa shape index (κ2) is 5.70. The second-order valence-corrected chi connectivity index (χ2v) is 5.59. The summed E-state index contributed by atoms with van der Waals surface area (Å²) in [7, 11) is 0. The fourth-order valence-corrected chi connectivity index (χ4v) is 2.77. The highest BCUT2D eigenvalue weighted by atomic mass is 19.1. The molecule has 100 valence electrons. The van der Waals surface area contributed by atoms with E-state index in [1.54, 1.807) is 12.1 Å². The van der Waals surface area contributed by atoms with Crippen molar-refractivity contribution in [2.75, 3.05) is 31.1 Å². The van der Waals surface area contributed by atoms with E-state index in [9.17, 15) is 4.39 Å². The van der Waals surface area contributed by atoms with Crippen LogP contribution in [0.4, 0.5) is 10.1 Å². The maximum absolute atomic E-state index is 13.3. The molecule has 1 atom stereocenters. The van der Waals surface area contributed by atoms with Crippen molar-refractivity contribution in [3.8, 4) is 0 Å². The molecule has 1 aliphatic rings. The first-order chi connectivity index (χ1) is 8.63. The summed E-state index contributed by atoms with van der Waals surface area (Å²) in [6, 6.07) is 6.91. The Morgan fingerprint density at radius 2 is 2.28 bits per heavy atom. The van der Waals surface area contributed by atoms with Gasteiger partial charge >= 0.3 is 0 Å². The first kappa shape index (κ1) is 13.3. The third-order valence-electron chi connectivity index (χ3n) is 3.81. The SMILES string of the molecule is CCN(CC1(C)CCCNC1)c1cccc(F)c1. The summed E-state index contributed by atoms with van der Waals surface area (Å²) < 4.78 is 13.3. The number of nitrogens with one attached hydrogen (secondary N) is 1. The molecular formula is C15H23FN2. The third kappa shape index (κ3) is 3.22. The lowest BCUT2D eigenvalue weighted by atomic mass is 9.82. The van der Waals surface area contributed by atoms with E-state index in [4.69, 9.17) is 0 Å². The van der Waals surface area contributed by atoms with Crippen molar-refractivity contribution in [2.45, 2.75) is 26.7 Å². The summed E-state index contributed by atoms with van der Waals surface area (Å²) in [6.45, 7) is 8.53. The molecule has 0 amide bonds. The Balaban J connectivity index is 2.09. The number of halogens is 1. The Kier molecular flexibility index (Phi) is 4.23. The van der Waals surface area contributed by atoms with Crippen molar-refractivity contribution in [1.82, 2.24) is 5.32 Å². The molecule has 0 radical (unpaired) electrons. The van der Waals surface area contributed by atoms with Crippen molar-refractivity contribution >= 4 is 5.69 Å². The predicted octanol–water partition coefficient (Wildman–Crippen LogP) is 3.04. The molecular weight excluding hydrogens is 227 g/mol. The molecule has 2 nitrogen and oxygen atoms in total. The molecule has 0 saturated carbocycles. The largest absolute Gasteiger partial charge is 0.371 e. The van der Waals surface area contributed by atoms with Crippen LogP contribution >= 0.6 is 0 Å². The minimum atomic E-state index is -0.155. The standard InChI is InChI=1S/C15H23FN2/c1-3-18(14-7-4-6-13(16)10-14)12-15(2)8-5-9-17-11-15/h4,6-7,10,17H,3,5,8-9,11-12H2,1-2H3. The first-order valence-electron chi connectivity index (χ1n) is 6.84. The molecule has 2 rings (SSSR count). The van der Waals surface area contributed by atoms with Crippen molar-refractivity contribution < 1.29 is 4.39 Å². The van der Waals surface area contributed by atoms with E-state index in [1.807, 2.05) is 6.07 Å².